The van der Waals surface area contributed by atoms with Crippen LogP contribution in [0.2, 0.25) is 0 Å². The van der Waals surface area contributed by atoms with Gasteiger partial charge in [0.25, 0.3) is 11.8 Å². The Balaban J connectivity index is 1.26. The molecule has 0 spiro atoms. The number of halogens is 6. The molecular weight excluding hydrogens is 740 g/mol. The molecule has 2 aromatic heterocycles. The molecular formula is C37H43F6N5O5S. The van der Waals surface area contributed by atoms with Gasteiger partial charge in [-0.25, -0.2) is 0 Å². The first kappa shape index (κ1) is 39.6. The van der Waals surface area contributed by atoms with Crippen molar-refractivity contribution in [1.29, 1.82) is 0 Å². The third-order valence-electron chi connectivity index (χ3n) is 10.1. The topological polar surface area (TPSA) is 87.7 Å². The number of likely N-dealkylation sites (tertiary alicyclic amines) is 1. The van der Waals surface area contributed by atoms with Crippen molar-refractivity contribution in [3.63, 3.8) is 0 Å². The van der Waals surface area contributed by atoms with Gasteiger partial charge in [0.15, 0.2) is 0 Å². The fraction of sp³-hybridized carbons (Fsp3) is 0.541. The molecule has 0 aliphatic carbocycles. The molecule has 2 amide bonds. The molecule has 6 rings (SSSR count). The van der Waals surface area contributed by atoms with Crippen molar-refractivity contribution in [3.8, 4) is 11.5 Å². The third kappa shape index (κ3) is 8.73. The number of nitrogens with zero attached hydrogens (tertiary/aromatic N) is 5. The number of anilines is 1. The van der Waals surface area contributed by atoms with E-state index in [0.29, 0.717) is 56.4 Å². The number of ether oxygens (including phenoxy) is 3. The minimum Gasteiger partial charge on any atom is -0.490 e. The van der Waals surface area contributed by atoms with Crippen molar-refractivity contribution in [1.82, 2.24) is 19.7 Å². The summed E-state index contributed by atoms with van der Waals surface area (Å²) in [5.74, 6) is -1.02. The smallest absolute Gasteiger partial charge is 0.425 e. The first-order valence-corrected chi connectivity index (χ1v) is 18.9. The quantitative estimate of drug-likeness (QED) is 0.205. The third-order valence-corrected chi connectivity index (χ3v) is 11.1. The van der Waals surface area contributed by atoms with Gasteiger partial charge in [-0.15, -0.1) is 11.3 Å². The van der Waals surface area contributed by atoms with E-state index in [-0.39, 0.29) is 44.6 Å². The number of aromatic nitrogens is 1. The van der Waals surface area contributed by atoms with Crippen molar-refractivity contribution in [3.05, 3.63) is 70.2 Å². The lowest BCUT2D eigenvalue weighted by molar-refractivity contribution is -0.159. The zero-order chi connectivity index (χ0) is 38.5. The summed E-state index contributed by atoms with van der Waals surface area (Å²) >= 11 is 0.412. The molecule has 0 unspecified atom stereocenters. The van der Waals surface area contributed by atoms with Gasteiger partial charge in [0, 0.05) is 82.6 Å². The average molecular weight is 784 g/mol. The Morgan fingerprint density at radius 1 is 0.981 bits per heavy atom. The van der Waals surface area contributed by atoms with Gasteiger partial charge in [-0.05, 0) is 31.0 Å². The van der Waals surface area contributed by atoms with Crippen molar-refractivity contribution in [2.24, 2.45) is 0 Å². The van der Waals surface area contributed by atoms with Gasteiger partial charge in [-0.3, -0.25) is 19.5 Å². The summed E-state index contributed by atoms with van der Waals surface area (Å²) in [6.45, 7) is 7.31. The first-order valence-electron chi connectivity index (χ1n) is 18.0. The molecule has 0 N–H and O–H groups in total. The first-order chi connectivity index (χ1) is 25.8. The van der Waals surface area contributed by atoms with Crippen LogP contribution in [0.15, 0.2) is 54.2 Å². The van der Waals surface area contributed by atoms with Crippen molar-refractivity contribution in [2.45, 2.75) is 56.6 Å². The van der Waals surface area contributed by atoms with Crippen molar-refractivity contribution >= 4 is 28.8 Å². The standard InChI is InChI=1S/C37H43F6N5O5S/c1-2-6-31-35(53-26-23-32(54-25-26)37(41,42)43,10-5-12-48(31)33(49)27-24-44-11-9-28(27)36(38,39)40)34(50)47-15-13-46(14-16-47)29-7-3-4-8-30(29)52-22-19-45-17-20-51-21-18-45/h3-4,7-9,11,23-25,31H,2,5-6,10,12-22H2,1H3/t31-,35+/m1/s1. The number of thiophene rings is 1. The van der Waals surface area contributed by atoms with E-state index in [1.807, 2.05) is 24.3 Å². The molecule has 3 aliphatic heterocycles. The largest absolute Gasteiger partial charge is 0.490 e. The minimum absolute atomic E-state index is 0.0155. The lowest BCUT2D eigenvalue weighted by atomic mass is 9.79. The van der Waals surface area contributed by atoms with E-state index in [2.05, 4.69) is 14.8 Å². The van der Waals surface area contributed by atoms with Crippen LogP contribution >= 0.6 is 11.3 Å². The molecule has 10 nitrogen and oxygen atoms in total. The number of benzene rings is 1. The van der Waals surface area contributed by atoms with Gasteiger partial charge in [0.1, 0.15) is 23.0 Å². The molecule has 54 heavy (non-hydrogen) atoms. The summed E-state index contributed by atoms with van der Waals surface area (Å²) in [4.78, 5) is 39.0. The summed E-state index contributed by atoms with van der Waals surface area (Å²) in [6.07, 6.45) is -6.98. The zero-order valence-corrected chi connectivity index (χ0v) is 30.6. The molecule has 3 aliphatic rings. The molecule has 0 bridgehead atoms. The van der Waals surface area contributed by atoms with Gasteiger partial charge in [-0.2, -0.15) is 26.3 Å². The Morgan fingerprint density at radius 2 is 1.72 bits per heavy atom. The molecule has 17 heteroatoms. The highest BCUT2D eigenvalue weighted by Gasteiger charge is 2.56. The maximum atomic E-state index is 14.9. The summed E-state index contributed by atoms with van der Waals surface area (Å²) in [7, 11) is 0. The second kappa shape index (κ2) is 16.7. The summed E-state index contributed by atoms with van der Waals surface area (Å²) in [5.41, 5.74) is -2.87. The van der Waals surface area contributed by atoms with Crippen molar-refractivity contribution in [2.75, 3.05) is 77.1 Å². The number of hydrogen-bond donors (Lipinski definition) is 0. The van der Waals surface area contributed by atoms with Crippen LogP contribution in [0.1, 0.15) is 53.4 Å². The number of piperazine rings is 1. The Kier molecular flexibility index (Phi) is 12.3. The SMILES string of the molecule is CCC[C@H]1N(C(=O)c2cnccc2C(F)(F)F)CCC[C@@]1(Oc1csc(C(F)(F)F)c1)C(=O)N1CCN(c2ccccc2OCCN2CCOCC2)CC1. The van der Waals surface area contributed by atoms with Gasteiger partial charge in [-0.1, -0.05) is 25.5 Å². The molecule has 3 saturated heterocycles. The Morgan fingerprint density at radius 3 is 2.41 bits per heavy atom. The van der Waals surface area contributed by atoms with Gasteiger partial charge >= 0.3 is 12.4 Å². The van der Waals surface area contributed by atoms with Crippen LogP contribution in [0.5, 0.6) is 11.5 Å². The minimum atomic E-state index is -4.86. The number of piperidine rings is 1. The van der Waals surface area contributed by atoms with E-state index >= 15 is 0 Å². The van der Waals surface area contributed by atoms with E-state index in [0.717, 1.165) is 49.8 Å². The molecule has 3 fully saturated rings. The number of amides is 2. The lowest BCUT2D eigenvalue weighted by Crippen LogP contribution is -2.69. The number of para-hydroxylation sites is 2. The predicted molar refractivity (Wildman–Crippen MR) is 189 cm³/mol. The summed E-state index contributed by atoms with van der Waals surface area (Å²) in [5, 5.41) is 1.17. The van der Waals surface area contributed by atoms with Gasteiger partial charge in [0.2, 0.25) is 5.60 Å². The summed E-state index contributed by atoms with van der Waals surface area (Å²) in [6, 6.07) is 8.06. The molecule has 0 saturated carbocycles. The lowest BCUT2D eigenvalue weighted by Gasteiger charge is -2.50. The number of alkyl halides is 6. The van der Waals surface area contributed by atoms with Crippen LogP contribution in [-0.4, -0.2) is 115 Å². The molecule has 0 radical (unpaired) electrons. The van der Waals surface area contributed by atoms with E-state index in [1.54, 1.807) is 11.8 Å². The zero-order valence-electron chi connectivity index (χ0n) is 29.8. The van der Waals surface area contributed by atoms with Crippen LogP contribution in [0.3, 0.4) is 0 Å². The Bertz CT molecular complexity index is 1740. The van der Waals surface area contributed by atoms with E-state index < -0.39 is 51.8 Å². The average Bonchev–Trinajstić information content (AvgIpc) is 3.65. The van der Waals surface area contributed by atoms with Crippen LogP contribution < -0.4 is 14.4 Å². The second-order valence-corrected chi connectivity index (χ2v) is 14.4. The van der Waals surface area contributed by atoms with Crippen LogP contribution in [0, 0.1) is 0 Å². The van der Waals surface area contributed by atoms with E-state index in [9.17, 15) is 35.9 Å². The normalized spacial score (nSPS) is 21.6. The molecule has 2 atom stereocenters. The highest BCUT2D eigenvalue weighted by Crippen LogP contribution is 2.43. The molecule has 3 aromatic rings. The number of hydrogen-bond acceptors (Lipinski definition) is 9. The van der Waals surface area contributed by atoms with Crippen LogP contribution in [0.4, 0.5) is 32.0 Å². The molecule has 1 aromatic carbocycles. The number of carbonyl (C=O) groups excluding carboxylic acids is 2. The number of rotatable bonds is 11. The Hall–Kier alpha value is -4.09. The van der Waals surface area contributed by atoms with Crippen LogP contribution in [-0.2, 0) is 21.9 Å². The van der Waals surface area contributed by atoms with Gasteiger partial charge < -0.3 is 28.9 Å². The second-order valence-electron chi connectivity index (χ2n) is 13.5. The molecule has 5 heterocycles. The van der Waals surface area contributed by atoms with E-state index in [1.165, 1.54) is 10.3 Å². The van der Waals surface area contributed by atoms with Gasteiger partial charge in [0.05, 0.1) is 36.1 Å². The molecule has 294 valence electrons. The van der Waals surface area contributed by atoms with Crippen LogP contribution in [0.25, 0.3) is 0 Å². The number of morpholine rings is 1. The number of pyridine rings is 1. The highest BCUT2D eigenvalue weighted by atomic mass is 32.1. The number of carbonyl (C=O) groups is 2. The fourth-order valence-electron chi connectivity index (χ4n) is 7.47. The maximum absolute atomic E-state index is 14.9. The summed E-state index contributed by atoms with van der Waals surface area (Å²) < 4.78 is 101. The predicted octanol–water partition coefficient (Wildman–Crippen LogP) is 6.46. The monoisotopic (exact) mass is 783 g/mol. The maximum Gasteiger partial charge on any atom is 0.425 e. The Labute approximate surface area is 313 Å². The fourth-order valence-corrected chi connectivity index (χ4v) is 8.15. The highest BCUT2D eigenvalue weighted by molar-refractivity contribution is 7.10. The van der Waals surface area contributed by atoms with E-state index in [4.69, 9.17) is 14.2 Å². The van der Waals surface area contributed by atoms with Crippen molar-refractivity contribution < 1.29 is 50.1 Å².